The number of nitrogens with zero attached hydrogens (tertiary/aromatic N) is 4. The average molecular weight is 447 g/mol. The van der Waals surface area contributed by atoms with Gasteiger partial charge in [0.05, 0.1) is 37.5 Å². The predicted octanol–water partition coefficient (Wildman–Crippen LogP) is 1.65. The van der Waals surface area contributed by atoms with Crippen LogP contribution in [0, 0.1) is 6.92 Å². The van der Waals surface area contributed by atoms with E-state index in [0.717, 1.165) is 25.3 Å². The molecule has 3 rings (SSSR count). The molecule has 1 unspecified atom stereocenters. The molecule has 2 N–H and O–H groups in total. The minimum Gasteiger partial charge on any atom is -0.380 e. The van der Waals surface area contributed by atoms with Crippen molar-refractivity contribution in [3.8, 4) is 0 Å². The van der Waals surface area contributed by atoms with Crippen LogP contribution in [0.3, 0.4) is 0 Å². The van der Waals surface area contributed by atoms with E-state index in [1.165, 1.54) is 7.11 Å². The highest BCUT2D eigenvalue weighted by atomic mass is 32.1. The van der Waals surface area contributed by atoms with Gasteiger partial charge in [-0.15, -0.1) is 11.3 Å². The lowest BCUT2D eigenvalue weighted by Crippen LogP contribution is -2.42. The molecule has 0 fully saturated rings. The zero-order valence-electron chi connectivity index (χ0n) is 17.0. The summed E-state index contributed by atoms with van der Waals surface area (Å²) in [6, 6.07) is 0. The van der Waals surface area contributed by atoms with Gasteiger partial charge in [0.1, 0.15) is 4.83 Å². The highest BCUT2D eigenvalue weighted by molar-refractivity contribution is 7.18. The number of halogens is 3. The van der Waals surface area contributed by atoms with Crippen molar-refractivity contribution < 1.29 is 17.9 Å². The van der Waals surface area contributed by atoms with Gasteiger partial charge in [0.2, 0.25) is 0 Å². The maximum atomic E-state index is 13.1. The third kappa shape index (κ3) is 4.38. The fourth-order valence-electron chi connectivity index (χ4n) is 3.35. The summed E-state index contributed by atoms with van der Waals surface area (Å²) in [7, 11) is 1.44. The summed E-state index contributed by atoms with van der Waals surface area (Å²) in [4.78, 5) is 33.0. The molecule has 0 saturated carbocycles. The van der Waals surface area contributed by atoms with Gasteiger partial charge in [-0.05, 0) is 19.4 Å². The number of hydrogen-bond acceptors (Lipinski definition) is 7. The van der Waals surface area contributed by atoms with Crippen molar-refractivity contribution in [2.24, 2.45) is 10.7 Å². The van der Waals surface area contributed by atoms with Gasteiger partial charge < -0.3 is 15.4 Å². The molecule has 1 aliphatic heterocycles. The zero-order valence-corrected chi connectivity index (χ0v) is 17.8. The normalized spacial score (nSPS) is 15.8. The van der Waals surface area contributed by atoms with E-state index >= 15 is 0 Å². The minimum atomic E-state index is -4.43. The third-order valence-corrected chi connectivity index (χ3v) is 6.46. The molecule has 0 aliphatic carbocycles. The van der Waals surface area contributed by atoms with Crippen molar-refractivity contribution in [3.05, 3.63) is 31.3 Å². The molecule has 0 spiro atoms. The van der Waals surface area contributed by atoms with Crippen molar-refractivity contribution in [1.82, 2.24) is 14.0 Å². The highest BCUT2D eigenvalue weighted by Gasteiger charge is 2.29. The number of guanidine groups is 1. The number of nitrogens with two attached hydrogens (primary N) is 1. The minimum absolute atomic E-state index is 0.0491. The van der Waals surface area contributed by atoms with E-state index in [0.29, 0.717) is 31.2 Å². The Morgan fingerprint density at radius 2 is 2.00 bits per heavy atom. The van der Waals surface area contributed by atoms with Crippen LogP contribution in [0.25, 0.3) is 10.2 Å². The fraction of sp³-hybridized carbons (Fsp3) is 0.611. The van der Waals surface area contributed by atoms with E-state index in [1.54, 1.807) is 13.8 Å². The number of rotatable bonds is 7. The van der Waals surface area contributed by atoms with Crippen molar-refractivity contribution in [2.75, 3.05) is 20.2 Å². The lowest BCUT2D eigenvalue weighted by Gasteiger charge is -2.16. The largest absolute Gasteiger partial charge is 0.390 e. The summed E-state index contributed by atoms with van der Waals surface area (Å²) in [5, 5.41) is 0.259. The maximum Gasteiger partial charge on any atom is 0.390 e. The van der Waals surface area contributed by atoms with Crippen molar-refractivity contribution in [1.29, 1.82) is 0 Å². The Labute approximate surface area is 174 Å². The van der Waals surface area contributed by atoms with E-state index in [1.807, 2.05) is 4.90 Å². The molecule has 2 aromatic heterocycles. The second kappa shape index (κ2) is 8.42. The smallest absolute Gasteiger partial charge is 0.380 e. The number of aliphatic imine (C=N–C) groups is 1. The molecular weight excluding hydrogens is 423 g/mol. The van der Waals surface area contributed by atoms with Gasteiger partial charge in [-0.25, -0.2) is 4.79 Å². The standard InChI is InChI=1S/C18H24F3N5O3S/c1-10(29-3)8-26-14(27)13-11(2)12(9-24-7-5-23-16(24)22)30-15(13)25(17(26)28)6-4-18(19,20)21/h10H,4-9H2,1-3H3,(H2,22,23). The van der Waals surface area contributed by atoms with Crippen molar-refractivity contribution in [3.63, 3.8) is 0 Å². The second-order valence-electron chi connectivity index (χ2n) is 7.25. The van der Waals surface area contributed by atoms with E-state index in [4.69, 9.17) is 10.5 Å². The number of fused-ring (bicyclic) bond motifs is 1. The summed E-state index contributed by atoms with van der Waals surface area (Å²) in [5.74, 6) is 0.382. The fourth-order valence-corrected chi connectivity index (χ4v) is 4.68. The molecule has 0 aromatic carbocycles. The lowest BCUT2D eigenvalue weighted by atomic mass is 10.2. The van der Waals surface area contributed by atoms with E-state index in [2.05, 4.69) is 4.99 Å². The van der Waals surface area contributed by atoms with Crippen molar-refractivity contribution in [2.45, 2.75) is 52.2 Å². The number of ether oxygens (including phenoxy) is 1. The van der Waals surface area contributed by atoms with Crippen LogP contribution in [0.1, 0.15) is 23.8 Å². The topological polar surface area (TPSA) is 94.8 Å². The molecule has 0 radical (unpaired) electrons. The number of hydrogen-bond donors (Lipinski definition) is 1. The first kappa shape index (κ1) is 22.3. The first-order chi connectivity index (χ1) is 14.0. The SMILES string of the molecule is COC(C)Cn1c(=O)c2c(C)c(CN3CCN=C3N)sc2n(CCC(F)(F)F)c1=O. The number of aromatic nitrogens is 2. The first-order valence-electron chi connectivity index (χ1n) is 9.43. The predicted molar refractivity (Wildman–Crippen MR) is 109 cm³/mol. The van der Waals surface area contributed by atoms with Crippen LogP contribution in [0.2, 0.25) is 0 Å². The molecule has 0 saturated heterocycles. The summed E-state index contributed by atoms with van der Waals surface area (Å²) in [6.45, 7) is 4.37. The van der Waals surface area contributed by atoms with Gasteiger partial charge in [0.15, 0.2) is 5.96 Å². The van der Waals surface area contributed by atoms with Crippen LogP contribution in [-0.4, -0.2) is 52.5 Å². The molecule has 8 nitrogen and oxygen atoms in total. The Kier molecular flexibility index (Phi) is 6.27. The van der Waals surface area contributed by atoms with Crippen LogP contribution in [0.4, 0.5) is 13.2 Å². The van der Waals surface area contributed by atoms with Gasteiger partial charge in [0.25, 0.3) is 5.56 Å². The molecule has 3 heterocycles. The Morgan fingerprint density at radius 3 is 2.57 bits per heavy atom. The van der Waals surface area contributed by atoms with E-state index in [9.17, 15) is 22.8 Å². The molecule has 2 aromatic rings. The van der Waals surface area contributed by atoms with Crippen molar-refractivity contribution >= 4 is 27.5 Å². The molecular formula is C18H24F3N5O3S. The number of aryl methyl sites for hydroxylation is 2. The van der Waals surface area contributed by atoms with Crippen LogP contribution in [0.5, 0.6) is 0 Å². The monoisotopic (exact) mass is 447 g/mol. The highest BCUT2D eigenvalue weighted by Crippen LogP contribution is 2.30. The molecule has 12 heteroatoms. The summed E-state index contributed by atoms with van der Waals surface area (Å²) in [5.41, 5.74) is 5.21. The Bertz CT molecular complexity index is 1090. The maximum absolute atomic E-state index is 13.1. The Morgan fingerprint density at radius 1 is 1.30 bits per heavy atom. The van der Waals surface area contributed by atoms with Gasteiger partial charge in [-0.3, -0.25) is 18.9 Å². The Hall–Kier alpha value is -2.34. The molecule has 30 heavy (non-hydrogen) atoms. The number of alkyl halides is 3. The summed E-state index contributed by atoms with van der Waals surface area (Å²) < 4.78 is 45.8. The first-order valence-corrected chi connectivity index (χ1v) is 10.2. The van der Waals surface area contributed by atoms with E-state index in [-0.39, 0.29) is 16.8 Å². The molecule has 0 bridgehead atoms. The molecule has 166 valence electrons. The van der Waals surface area contributed by atoms with Crippen LogP contribution in [-0.2, 0) is 24.4 Å². The van der Waals surface area contributed by atoms with Gasteiger partial charge >= 0.3 is 11.9 Å². The summed E-state index contributed by atoms with van der Waals surface area (Å²) >= 11 is 1.15. The van der Waals surface area contributed by atoms with Gasteiger partial charge in [0, 0.05) is 25.1 Å². The average Bonchev–Trinajstić information content (AvgIpc) is 3.21. The van der Waals surface area contributed by atoms with E-state index < -0.39 is 36.5 Å². The van der Waals surface area contributed by atoms with Gasteiger partial charge in [-0.1, -0.05) is 0 Å². The van der Waals surface area contributed by atoms with Crippen LogP contribution >= 0.6 is 11.3 Å². The zero-order chi connectivity index (χ0) is 22.2. The molecule has 0 amide bonds. The molecule has 1 atom stereocenters. The van der Waals surface area contributed by atoms with Crippen LogP contribution < -0.4 is 17.0 Å². The second-order valence-corrected chi connectivity index (χ2v) is 8.34. The summed E-state index contributed by atoms with van der Waals surface area (Å²) in [6.07, 6.45) is -6.05. The lowest BCUT2D eigenvalue weighted by molar-refractivity contribution is -0.136. The third-order valence-electron chi connectivity index (χ3n) is 5.16. The molecule has 1 aliphatic rings. The van der Waals surface area contributed by atoms with Gasteiger partial charge in [-0.2, -0.15) is 13.2 Å². The number of methoxy groups -OCH3 is 1. The Balaban J connectivity index is 2.16. The number of thiophene rings is 1. The van der Waals surface area contributed by atoms with Crippen LogP contribution in [0.15, 0.2) is 14.6 Å². The quantitative estimate of drug-likeness (QED) is 0.697.